The highest BCUT2D eigenvalue weighted by molar-refractivity contribution is 14.0. The summed E-state index contributed by atoms with van der Waals surface area (Å²) in [4.78, 5) is 8.48. The van der Waals surface area contributed by atoms with Crippen LogP contribution in [-0.4, -0.2) is 49.0 Å². The van der Waals surface area contributed by atoms with Crippen LogP contribution in [0, 0.1) is 0 Å². The minimum atomic E-state index is 0. The predicted molar refractivity (Wildman–Crippen MR) is 129 cm³/mol. The second kappa shape index (κ2) is 12.0. The zero-order valence-electron chi connectivity index (χ0n) is 17.3. The molecule has 9 heteroatoms. The zero-order chi connectivity index (χ0) is 20.5. The third-order valence-corrected chi connectivity index (χ3v) is 4.45. The van der Waals surface area contributed by atoms with Gasteiger partial charge in [0.1, 0.15) is 6.33 Å². The van der Waals surface area contributed by atoms with Crippen LogP contribution in [0.15, 0.2) is 53.8 Å². The van der Waals surface area contributed by atoms with Gasteiger partial charge < -0.3 is 20.1 Å². The topological polar surface area (TPSA) is 96.5 Å². The van der Waals surface area contributed by atoms with Crippen molar-refractivity contribution in [3.05, 3.63) is 59.9 Å². The van der Waals surface area contributed by atoms with Crippen molar-refractivity contribution in [2.45, 2.75) is 13.0 Å². The van der Waals surface area contributed by atoms with Gasteiger partial charge in [-0.15, -0.1) is 24.0 Å². The van der Waals surface area contributed by atoms with E-state index in [1.54, 1.807) is 21.3 Å². The van der Waals surface area contributed by atoms with E-state index in [4.69, 9.17) is 9.47 Å². The second-order valence-corrected chi connectivity index (χ2v) is 6.33. The van der Waals surface area contributed by atoms with E-state index in [1.165, 1.54) is 6.33 Å². The van der Waals surface area contributed by atoms with E-state index in [1.807, 2.05) is 30.3 Å². The molecule has 0 bridgehead atoms. The Bertz CT molecular complexity index is 946. The van der Waals surface area contributed by atoms with Crippen LogP contribution in [0.3, 0.4) is 0 Å². The van der Waals surface area contributed by atoms with Gasteiger partial charge in [0.05, 0.1) is 14.2 Å². The summed E-state index contributed by atoms with van der Waals surface area (Å²) >= 11 is 0. The number of aromatic nitrogens is 3. The molecule has 0 saturated heterocycles. The molecule has 0 aliphatic carbocycles. The summed E-state index contributed by atoms with van der Waals surface area (Å²) in [5.41, 5.74) is 3.28. The van der Waals surface area contributed by atoms with Gasteiger partial charge in [0.25, 0.3) is 0 Å². The number of H-pyrrole nitrogens is 1. The van der Waals surface area contributed by atoms with Crippen LogP contribution < -0.4 is 20.1 Å². The summed E-state index contributed by atoms with van der Waals surface area (Å²) in [6.45, 7) is 1.39. The van der Waals surface area contributed by atoms with Crippen LogP contribution in [0.1, 0.15) is 11.1 Å². The molecule has 0 aliphatic rings. The highest BCUT2D eigenvalue weighted by atomic mass is 127. The number of guanidine groups is 1. The first-order chi connectivity index (χ1) is 14.2. The molecular weight excluding hydrogens is 495 g/mol. The summed E-state index contributed by atoms with van der Waals surface area (Å²) in [5, 5.41) is 13.4. The standard InChI is InChI=1S/C21H26N6O2.HI/c1-22-21(23-10-9-15-7-8-18(28-2)19(12-15)29-3)24-13-16-5-4-6-17(11-16)20-25-14-26-27-20;/h4-8,11-12,14H,9-10,13H2,1-3H3,(H2,22,23,24)(H,25,26,27);1H. The summed E-state index contributed by atoms with van der Waals surface area (Å²) in [6.07, 6.45) is 2.34. The van der Waals surface area contributed by atoms with Crippen LogP contribution in [0.2, 0.25) is 0 Å². The van der Waals surface area contributed by atoms with Crippen molar-refractivity contribution in [3.63, 3.8) is 0 Å². The van der Waals surface area contributed by atoms with Crippen LogP contribution in [0.4, 0.5) is 0 Å². The average Bonchev–Trinajstić information content (AvgIpc) is 3.31. The number of methoxy groups -OCH3 is 2. The third kappa shape index (κ3) is 6.34. The van der Waals surface area contributed by atoms with Crippen LogP contribution in [0.5, 0.6) is 11.5 Å². The second-order valence-electron chi connectivity index (χ2n) is 6.33. The van der Waals surface area contributed by atoms with Gasteiger partial charge in [0.2, 0.25) is 0 Å². The largest absolute Gasteiger partial charge is 0.493 e. The molecule has 2 aromatic carbocycles. The molecule has 8 nitrogen and oxygen atoms in total. The molecule has 0 radical (unpaired) electrons. The maximum Gasteiger partial charge on any atom is 0.191 e. The van der Waals surface area contributed by atoms with Crippen molar-refractivity contribution in [1.29, 1.82) is 0 Å². The molecule has 0 spiro atoms. The monoisotopic (exact) mass is 522 g/mol. The summed E-state index contributed by atoms with van der Waals surface area (Å²) in [6, 6.07) is 14.1. The molecule has 3 rings (SSSR count). The summed E-state index contributed by atoms with van der Waals surface area (Å²) < 4.78 is 10.6. The maximum atomic E-state index is 5.36. The molecule has 0 fully saturated rings. The highest BCUT2D eigenvalue weighted by Gasteiger charge is 2.06. The molecule has 0 aliphatic heterocycles. The fourth-order valence-corrected chi connectivity index (χ4v) is 2.94. The van der Waals surface area contributed by atoms with E-state index in [-0.39, 0.29) is 24.0 Å². The van der Waals surface area contributed by atoms with Gasteiger partial charge in [-0.25, -0.2) is 4.98 Å². The normalized spacial score (nSPS) is 10.8. The number of halogens is 1. The first-order valence-electron chi connectivity index (χ1n) is 9.33. The Morgan fingerprint density at radius 2 is 1.87 bits per heavy atom. The van der Waals surface area contributed by atoms with E-state index < -0.39 is 0 Å². The number of aromatic amines is 1. The third-order valence-electron chi connectivity index (χ3n) is 4.45. The molecule has 30 heavy (non-hydrogen) atoms. The number of hydrogen-bond donors (Lipinski definition) is 3. The molecule has 3 N–H and O–H groups in total. The Morgan fingerprint density at radius 3 is 2.57 bits per heavy atom. The Kier molecular flexibility index (Phi) is 9.39. The molecule has 0 atom stereocenters. The van der Waals surface area contributed by atoms with Gasteiger partial charge in [-0.1, -0.05) is 24.3 Å². The number of benzene rings is 2. The van der Waals surface area contributed by atoms with E-state index in [0.29, 0.717) is 6.54 Å². The predicted octanol–water partition coefficient (Wildman–Crippen LogP) is 3.01. The van der Waals surface area contributed by atoms with Crippen molar-refractivity contribution in [1.82, 2.24) is 25.8 Å². The lowest BCUT2D eigenvalue weighted by Crippen LogP contribution is -2.37. The quantitative estimate of drug-likeness (QED) is 0.239. The number of rotatable bonds is 8. The van der Waals surface area contributed by atoms with Gasteiger partial charge in [-0.05, 0) is 35.7 Å². The van der Waals surface area contributed by atoms with E-state index in [0.717, 1.165) is 52.9 Å². The minimum Gasteiger partial charge on any atom is -0.493 e. The molecule has 1 aromatic heterocycles. The van der Waals surface area contributed by atoms with Gasteiger partial charge in [-0.2, -0.15) is 5.10 Å². The summed E-state index contributed by atoms with van der Waals surface area (Å²) in [5.74, 6) is 2.97. The summed E-state index contributed by atoms with van der Waals surface area (Å²) in [7, 11) is 5.04. The minimum absolute atomic E-state index is 0. The molecular formula is C21H27IN6O2. The van der Waals surface area contributed by atoms with Gasteiger partial charge in [0, 0.05) is 25.7 Å². The van der Waals surface area contributed by atoms with E-state index >= 15 is 0 Å². The molecule has 3 aromatic rings. The number of aliphatic imine (C=N–C) groups is 1. The van der Waals surface area contributed by atoms with Crippen LogP contribution >= 0.6 is 24.0 Å². The number of ether oxygens (including phenoxy) is 2. The van der Waals surface area contributed by atoms with Crippen LogP contribution in [0.25, 0.3) is 11.4 Å². The smallest absolute Gasteiger partial charge is 0.191 e. The van der Waals surface area contributed by atoms with Crippen molar-refractivity contribution in [2.24, 2.45) is 4.99 Å². The Labute approximate surface area is 193 Å². The van der Waals surface area contributed by atoms with E-state index in [9.17, 15) is 0 Å². The molecule has 0 saturated carbocycles. The molecule has 0 unspecified atom stereocenters. The fraction of sp³-hybridized carbons (Fsp3) is 0.286. The van der Waals surface area contributed by atoms with Crippen molar-refractivity contribution >= 4 is 29.9 Å². The van der Waals surface area contributed by atoms with Crippen molar-refractivity contribution < 1.29 is 9.47 Å². The lowest BCUT2D eigenvalue weighted by molar-refractivity contribution is 0.354. The molecule has 0 amide bonds. The van der Waals surface area contributed by atoms with Crippen LogP contribution in [-0.2, 0) is 13.0 Å². The van der Waals surface area contributed by atoms with Gasteiger partial charge in [0.15, 0.2) is 23.3 Å². The highest BCUT2D eigenvalue weighted by Crippen LogP contribution is 2.27. The Morgan fingerprint density at radius 1 is 1.03 bits per heavy atom. The number of nitrogens with one attached hydrogen (secondary N) is 3. The van der Waals surface area contributed by atoms with E-state index in [2.05, 4.69) is 42.9 Å². The average molecular weight is 522 g/mol. The lowest BCUT2D eigenvalue weighted by Gasteiger charge is -2.13. The molecule has 160 valence electrons. The first-order valence-corrected chi connectivity index (χ1v) is 9.33. The Hall–Kier alpha value is -2.82. The molecule has 1 heterocycles. The van der Waals surface area contributed by atoms with Gasteiger partial charge >= 0.3 is 0 Å². The zero-order valence-corrected chi connectivity index (χ0v) is 19.6. The SMILES string of the molecule is CN=C(NCCc1ccc(OC)c(OC)c1)NCc1cccc(-c2ncn[nH]2)c1.I. The number of hydrogen-bond acceptors (Lipinski definition) is 5. The first kappa shape index (κ1) is 23.5. The fourth-order valence-electron chi connectivity index (χ4n) is 2.94. The van der Waals surface area contributed by atoms with Crippen molar-refractivity contribution in [3.8, 4) is 22.9 Å². The van der Waals surface area contributed by atoms with Crippen molar-refractivity contribution in [2.75, 3.05) is 27.8 Å². The lowest BCUT2D eigenvalue weighted by atomic mass is 10.1. The maximum absolute atomic E-state index is 5.36. The van der Waals surface area contributed by atoms with Gasteiger partial charge in [-0.3, -0.25) is 10.1 Å². The number of nitrogens with zero attached hydrogens (tertiary/aromatic N) is 3. The Balaban J connectivity index is 0.00000320.